The first kappa shape index (κ1) is 20.5. The number of fused-ring (bicyclic) bond motifs is 4. The molecule has 1 atom stereocenters. The molecule has 0 amide bonds. The molecular weight excluding hydrogens is 456 g/mol. The number of rotatable bonds is 4. The summed E-state index contributed by atoms with van der Waals surface area (Å²) in [5, 5.41) is 9.47. The first-order valence-corrected chi connectivity index (χ1v) is 11.5. The highest BCUT2D eigenvalue weighted by atomic mass is 16.5. The molecule has 1 unspecified atom stereocenters. The fourth-order valence-corrected chi connectivity index (χ4v) is 4.85. The normalized spacial score (nSPS) is 14.3. The molecule has 0 N–H and O–H groups in total. The third kappa shape index (κ3) is 2.96. The lowest BCUT2D eigenvalue weighted by molar-refractivity contribution is 0.393. The average molecular weight is 476 g/mol. The number of aryl methyl sites for hydroxylation is 1. The maximum atomic E-state index is 6.46. The van der Waals surface area contributed by atoms with Crippen LogP contribution in [-0.2, 0) is 0 Å². The predicted octanol–water partition coefficient (Wildman–Crippen LogP) is 5.17. The lowest BCUT2D eigenvalue weighted by atomic mass is 9.84. The number of methoxy groups -OCH3 is 1. The van der Waals surface area contributed by atoms with Crippen molar-refractivity contribution in [3.63, 3.8) is 0 Å². The van der Waals surface area contributed by atoms with E-state index in [0.717, 1.165) is 33.8 Å². The van der Waals surface area contributed by atoms with Gasteiger partial charge in [0.05, 0.1) is 41.8 Å². The minimum Gasteiger partial charge on any atom is -0.496 e. The van der Waals surface area contributed by atoms with Crippen LogP contribution < -0.4 is 9.47 Å². The van der Waals surface area contributed by atoms with Gasteiger partial charge in [0, 0.05) is 5.56 Å². The molecule has 36 heavy (non-hydrogen) atoms. The van der Waals surface area contributed by atoms with Crippen molar-refractivity contribution in [2.75, 3.05) is 7.11 Å². The Morgan fingerprint density at radius 2 is 1.75 bits per heavy atom. The molecule has 7 rings (SSSR count). The van der Waals surface area contributed by atoms with E-state index in [-0.39, 0.29) is 5.92 Å². The highest BCUT2D eigenvalue weighted by molar-refractivity contribution is 5.69. The fourth-order valence-electron chi connectivity index (χ4n) is 4.85. The summed E-state index contributed by atoms with van der Waals surface area (Å²) in [7, 11) is 1.67. The van der Waals surface area contributed by atoms with Crippen LogP contribution in [0.15, 0.2) is 83.7 Å². The summed E-state index contributed by atoms with van der Waals surface area (Å²) >= 11 is 0. The Kier molecular flexibility index (Phi) is 4.44. The summed E-state index contributed by atoms with van der Waals surface area (Å²) in [6, 6.07) is 21.5. The Morgan fingerprint density at radius 1 is 0.917 bits per heavy atom. The third-order valence-electron chi connectivity index (χ3n) is 6.41. The van der Waals surface area contributed by atoms with Crippen molar-refractivity contribution in [3.05, 3.63) is 102 Å². The molecule has 0 saturated carbocycles. The van der Waals surface area contributed by atoms with Gasteiger partial charge in [-0.2, -0.15) is 5.10 Å². The van der Waals surface area contributed by atoms with Crippen LogP contribution >= 0.6 is 0 Å². The van der Waals surface area contributed by atoms with Crippen LogP contribution in [0, 0.1) is 6.92 Å². The Morgan fingerprint density at radius 3 is 2.56 bits per heavy atom. The molecule has 1 aliphatic heterocycles. The van der Waals surface area contributed by atoms with E-state index in [1.807, 2.05) is 72.3 Å². The third-order valence-corrected chi connectivity index (χ3v) is 6.41. The molecule has 1 aliphatic rings. The van der Waals surface area contributed by atoms with E-state index in [2.05, 4.69) is 16.1 Å². The maximum Gasteiger partial charge on any atom is 0.230 e. The molecule has 2 aromatic carbocycles. The Balaban J connectivity index is 1.53. The van der Waals surface area contributed by atoms with E-state index in [1.54, 1.807) is 24.2 Å². The molecule has 0 saturated heterocycles. The van der Waals surface area contributed by atoms with Gasteiger partial charge in [-0.1, -0.05) is 36.4 Å². The molecule has 9 heteroatoms. The van der Waals surface area contributed by atoms with Gasteiger partial charge in [0.1, 0.15) is 12.1 Å². The molecule has 6 aromatic rings. The van der Waals surface area contributed by atoms with Crippen molar-refractivity contribution < 1.29 is 13.9 Å². The Labute approximate surface area is 205 Å². The topological polar surface area (TPSA) is 92.5 Å². The van der Waals surface area contributed by atoms with E-state index in [1.165, 1.54) is 0 Å². The van der Waals surface area contributed by atoms with E-state index < -0.39 is 0 Å². The molecular formula is C27H20N6O3. The zero-order valence-corrected chi connectivity index (χ0v) is 19.5. The molecule has 4 aromatic heterocycles. The van der Waals surface area contributed by atoms with E-state index in [9.17, 15) is 0 Å². The number of nitrogens with zero attached hydrogens (tertiary/aromatic N) is 6. The minimum absolute atomic E-state index is 0.304. The quantitative estimate of drug-likeness (QED) is 0.346. The Bertz CT molecular complexity index is 1720. The number of benzene rings is 2. The van der Waals surface area contributed by atoms with Crippen LogP contribution in [0.1, 0.15) is 28.3 Å². The molecule has 5 heterocycles. The first-order valence-electron chi connectivity index (χ1n) is 11.5. The smallest absolute Gasteiger partial charge is 0.230 e. The standard InChI is InChI=1S/C27H20N6O3/c1-16-21-22(18-11-6-7-12-19(18)34-2)23-25-29-24(20-13-8-14-35-20)31-32(25)15-28-26(23)36-27(21)33(30-16)17-9-4-3-5-10-17/h3-15,22H,1-2H3. The van der Waals surface area contributed by atoms with Gasteiger partial charge in [0.15, 0.2) is 11.4 Å². The van der Waals surface area contributed by atoms with Crippen molar-refractivity contribution in [2.45, 2.75) is 12.8 Å². The monoisotopic (exact) mass is 476 g/mol. The maximum absolute atomic E-state index is 6.46. The van der Waals surface area contributed by atoms with Crippen LogP contribution in [0.25, 0.3) is 22.9 Å². The second-order valence-corrected chi connectivity index (χ2v) is 8.47. The van der Waals surface area contributed by atoms with Gasteiger partial charge >= 0.3 is 0 Å². The van der Waals surface area contributed by atoms with Crippen molar-refractivity contribution in [2.24, 2.45) is 0 Å². The number of para-hydroxylation sites is 2. The van der Waals surface area contributed by atoms with E-state index in [4.69, 9.17) is 24.0 Å². The number of furan rings is 1. The summed E-state index contributed by atoms with van der Waals surface area (Å²) in [5.74, 6) is 2.55. The van der Waals surface area contributed by atoms with Crippen molar-refractivity contribution in [1.82, 2.24) is 29.4 Å². The first-order chi connectivity index (χ1) is 17.7. The molecule has 0 aliphatic carbocycles. The molecule has 176 valence electrons. The average Bonchev–Trinajstić information content (AvgIpc) is 3.67. The van der Waals surface area contributed by atoms with Crippen LogP contribution in [0.4, 0.5) is 0 Å². The van der Waals surface area contributed by atoms with Gasteiger partial charge in [-0.25, -0.2) is 19.2 Å². The summed E-state index contributed by atoms with van der Waals surface area (Å²) in [4.78, 5) is 9.48. The van der Waals surface area contributed by atoms with E-state index >= 15 is 0 Å². The molecule has 0 bridgehead atoms. The van der Waals surface area contributed by atoms with Crippen LogP contribution in [0.2, 0.25) is 0 Å². The predicted molar refractivity (Wildman–Crippen MR) is 131 cm³/mol. The molecule has 0 spiro atoms. The number of aromatic nitrogens is 6. The van der Waals surface area contributed by atoms with Crippen molar-refractivity contribution in [3.8, 4) is 34.8 Å². The fraction of sp³-hybridized carbons (Fsp3) is 0.111. The largest absolute Gasteiger partial charge is 0.496 e. The number of ether oxygens (including phenoxy) is 2. The van der Waals surface area contributed by atoms with Gasteiger partial charge in [-0.05, 0) is 37.3 Å². The van der Waals surface area contributed by atoms with Crippen LogP contribution in [0.5, 0.6) is 17.5 Å². The van der Waals surface area contributed by atoms with Gasteiger partial charge in [-0.3, -0.25) is 0 Å². The lowest BCUT2D eigenvalue weighted by Crippen LogP contribution is -2.16. The van der Waals surface area contributed by atoms with Gasteiger partial charge < -0.3 is 13.9 Å². The number of hydrogen-bond donors (Lipinski definition) is 0. The second kappa shape index (κ2) is 7.81. The summed E-state index contributed by atoms with van der Waals surface area (Å²) < 4.78 is 21.3. The van der Waals surface area contributed by atoms with Gasteiger partial charge in [-0.15, -0.1) is 5.10 Å². The highest BCUT2D eigenvalue weighted by Gasteiger charge is 2.39. The molecule has 0 radical (unpaired) electrons. The lowest BCUT2D eigenvalue weighted by Gasteiger charge is -2.27. The zero-order valence-electron chi connectivity index (χ0n) is 19.5. The summed E-state index contributed by atoms with van der Waals surface area (Å²) in [5.41, 5.74) is 5.03. The minimum atomic E-state index is -0.304. The van der Waals surface area contributed by atoms with E-state index in [0.29, 0.717) is 29.0 Å². The SMILES string of the molecule is COc1ccccc1C1c2c(C)nn(-c3ccccc3)c2Oc2ncn3nc(-c4ccco4)nc3c21. The Hall–Kier alpha value is -4.92. The second-order valence-electron chi connectivity index (χ2n) is 8.47. The van der Waals surface area contributed by atoms with Crippen molar-refractivity contribution >= 4 is 5.65 Å². The summed E-state index contributed by atoms with van der Waals surface area (Å²) in [6.45, 7) is 1.99. The zero-order chi connectivity index (χ0) is 24.2. The highest BCUT2D eigenvalue weighted by Crippen LogP contribution is 2.51. The van der Waals surface area contributed by atoms with Crippen LogP contribution in [0.3, 0.4) is 0 Å². The van der Waals surface area contributed by atoms with Crippen LogP contribution in [-0.4, -0.2) is 36.5 Å². The summed E-state index contributed by atoms with van der Waals surface area (Å²) in [6.07, 6.45) is 3.21. The molecule has 9 nitrogen and oxygen atoms in total. The van der Waals surface area contributed by atoms with Gasteiger partial charge in [0.2, 0.25) is 17.6 Å². The van der Waals surface area contributed by atoms with Gasteiger partial charge in [0.25, 0.3) is 0 Å². The number of hydrogen-bond acceptors (Lipinski definition) is 7. The molecule has 0 fully saturated rings. The van der Waals surface area contributed by atoms with Crippen molar-refractivity contribution in [1.29, 1.82) is 0 Å².